The summed E-state index contributed by atoms with van der Waals surface area (Å²) >= 11 is 0. The quantitative estimate of drug-likeness (QED) is 0.408. The maximum absolute atomic E-state index is 15.4. The minimum absolute atomic E-state index is 0.151. The van der Waals surface area contributed by atoms with Crippen LogP contribution in [0.1, 0.15) is 67.7 Å². The van der Waals surface area contributed by atoms with Crippen molar-refractivity contribution in [2.24, 2.45) is 5.92 Å². The van der Waals surface area contributed by atoms with E-state index in [1.807, 2.05) is 24.1 Å². The molecule has 3 aliphatic rings. The molecule has 0 bridgehead atoms. The number of fused-ring (bicyclic) bond motifs is 1. The molecule has 5 heterocycles. The Bertz CT molecular complexity index is 1530. The van der Waals surface area contributed by atoms with E-state index in [4.69, 9.17) is 4.74 Å². The van der Waals surface area contributed by atoms with Gasteiger partial charge >= 0.3 is 0 Å². The first-order valence-electron chi connectivity index (χ1n) is 15.5. The van der Waals surface area contributed by atoms with Crippen LogP contribution in [0.3, 0.4) is 0 Å². The summed E-state index contributed by atoms with van der Waals surface area (Å²) in [6, 6.07) is 6.45. The van der Waals surface area contributed by atoms with E-state index in [2.05, 4.69) is 16.8 Å². The van der Waals surface area contributed by atoms with Gasteiger partial charge < -0.3 is 18.9 Å². The fraction of sp³-hybridized carbons (Fsp3) is 0.545. The number of benzene rings is 1. The van der Waals surface area contributed by atoms with Crippen molar-refractivity contribution >= 4 is 17.3 Å². The van der Waals surface area contributed by atoms with E-state index in [0.717, 1.165) is 51.0 Å². The number of nitrogens with zero attached hydrogens (tertiary/aromatic N) is 5. The van der Waals surface area contributed by atoms with Gasteiger partial charge in [0.2, 0.25) is 11.9 Å². The Hall–Kier alpha value is -3.37. The summed E-state index contributed by atoms with van der Waals surface area (Å²) < 4.78 is 37.2. The number of hydrogen-bond donors (Lipinski definition) is 0. The van der Waals surface area contributed by atoms with Crippen LogP contribution in [0.4, 0.5) is 8.78 Å². The number of hydrogen-bond acceptors (Lipinski definition) is 5. The number of piperidine rings is 1. The molecule has 2 amide bonds. The van der Waals surface area contributed by atoms with Gasteiger partial charge in [0.05, 0.1) is 24.8 Å². The highest BCUT2D eigenvalue weighted by Gasteiger charge is 2.38. The molecule has 0 N–H and O–H groups in total. The Balaban J connectivity index is 1.31. The number of morpholine rings is 1. The lowest BCUT2D eigenvalue weighted by Gasteiger charge is -2.48. The number of carbonyl (C=O) groups excluding carboxylic acids is 2. The number of aromatic nitrogens is 2. The van der Waals surface area contributed by atoms with Crippen molar-refractivity contribution in [1.29, 1.82) is 0 Å². The molecular weight excluding hydrogens is 552 g/mol. The van der Waals surface area contributed by atoms with Crippen molar-refractivity contribution in [2.75, 3.05) is 45.9 Å². The van der Waals surface area contributed by atoms with E-state index < -0.39 is 11.8 Å². The van der Waals surface area contributed by atoms with E-state index in [9.17, 15) is 14.0 Å². The molecule has 6 rings (SSSR count). The molecule has 43 heavy (non-hydrogen) atoms. The smallest absolute Gasteiger partial charge is 0.254 e. The molecular formula is C33H41F2N5O3. The maximum atomic E-state index is 15.4. The van der Waals surface area contributed by atoms with Crippen molar-refractivity contribution in [3.8, 4) is 11.1 Å². The van der Waals surface area contributed by atoms with Gasteiger partial charge in [0.15, 0.2) is 0 Å². The summed E-state index contributed by atoms with van der Waals surface area (Å²) in [6.45, 7) is 12.2. The van der Waals surface area contributed by atoms with Crippen LogP contribution in [-0.4, -0.2) is 93.9 Å². The van der Waals surface area contributed by atoms with E-state index in [1.54, 1.807) is 29.2 Å². The molecule has 2 aromatic heterocycles. The van der Waals surface area contributed by atoms with Gasteiger partial charge in [-0.15, -0.1) is 0 Å². The standard InChI is InChI=1S/C33H41F2N5O3/c1-5-30(23-8-10-37(11-9-23)22(4)41)38-16-25(17-38)24-14-28(31-32(35)36-21(3)40(31)18-24)27-7-6-26(34)15-29(27)33(42)39-12-13-43-19-20(39)2/h6-7,14-15,18,20,23,25,30H,5,8-13,16-17,19H2,1-4H3/t20-,30+/m1/s1. The highest BCUT2D eigenvalue weighted by molar-refractivity contribution is 6.03. The lowest BCUT2D eigenvalue weighted by atomic mass is 9.82. The fourth-order valence-electron chi connectivity index (χ4n) is 7.35. The lowest BCUT2D eigenvalue weighted by molar-refractivity contribution is -0.130. The summed E-state index contributed by atoms with van der Waals surface area (Å²) in [5, 5.41) is 0. The molecule has 2 atom stereocenters. The van der Waals surface area contributed by atoms with Gasteiger partial charge in [0, 0.05) is 63.4 Å². The molecule has 10 heteroatoms. The molecule has 1 aromatic carbocycles. The Morgan fingerprint density at radius 1 is 1.09 bits per heavy atom. The zero-order chi connectivity index (χ0) is 30.4. The Kier molecular flexibility index (Phi) is 8.26. The highest BCUT2D eigenvalue weighted by atomic mass is 19.1. The number of amides is 2. The zero-order valence-electron chi connectivity index (χ0n) is 25.5. The minimum atomic E-state index is -0.611. The van der Waals surface area contributed by atoms with Crippen molar-refractivity contribution in [2.45, 2.75) is 65.0 Å². The number of aryl methyl sites for hydroxylation is 1. The predicted octanol–water partition coefficient (Wildman–Crippen LogP) is 4.89. The van der Waals surface area contributed by atoms with Crippen LogP contribution in [0.15, 0.2) is 30.5 Å². The number of likely N-dealkylation sites (tertiary alicyclic amines) is 2. The van der Waals surface area contributed by atoms with E-state index >= 15 is 4.39 Å². The summed E-state index contributed by atoms with van der Waals surface area (Å²) in [7, 11) is 0. The molecule has 0 saturated carbocycles. The summed E-state index contributed by atoms with van der Waals surface area (Å²) in [5.74, 6) is 0.0465. The van der Waals surface area contributed by atoms with Crippen molar-refractivity contribution in [3.63, 3.8) is 0 Å². The molecule has 0 spiro atoms. The molecule has 8 nitrogen and oxygen atoms in total. The molecule has 3 aliphatic heterocycles. The van der Waals surface area contributed by atoms with Crippen LogP contribution in [0.5, 0.6) is 0 Å². The minimum Gasteiger partial charge on any atom is -0.377 e. The van der Waals surface area contributed by atoms with E-state index in [-0.39, 0.29) is 34.9 Å². The molecule has 0 radical (unpaired) electrons. The van der Waals surface area contributed by atoms with E-state index in [1.165, 1.54) is 12.1 Å². The van der Waals surface area contributed by atoms with Gasteiger partial charge in [-0.05, 0) is 68.4 Å². The van der Waals surface area contributed by atoms with Crippen molar-refractivity contribution in [3.05, 3.63) is 59.2 Å². The lowest BCUT2D eigenvalue weighted by Crippen LogP contribution is -2.54. The van der Waals surface area contributed by atoms with Crippen molar-refractivity contribution < 1.29 is 23.1 Å². The SMILES string of the molecule is CC[C@@H](C1CCN(C(C)=O)CC1)N1CC(c2cc(-c3ccc(F)cc3C(=O)N3CCOC[C@H]3C)c3c(F)nc(C)n3c2)C1. The van der Waals surface area contributed by atoms with Gasteiger partial charge in [0.1, 0.15) is 17.2 Å². The Labute approximate surface area is 251 Å². The first-order valence-corrected chi connectivity index (χ1v) is 15.5. The van der Waals surface area contributed by atoms with Crippen LogP contribution in [0, 0.1) is 24.6 Å². The van der Waals surface area contributed by atoms with Gasteiger partial charge in [-0.3, -0.25) is 14.5 Å². The number of carbonyl (C=O) groups is 2. The zero-order valence-corrected chi connectivity index (χ0v) is 25.5. The normalized spacial score (nSPS) is 21.3. The second-order valence-electron chi connectivity index (χ2n) is 12.4. The number of imidazole rings is 1. The van der Waals surface area contributed by atoms with E-state index in [0.29, 0.717) is 48.7 Å². The van der Waals surface area contributed by atoms with Crippen molar-refractivity contribution in [1.82, 2.24) is 24.1 Å². The number of rotatable bonds is 6. The average Bonchev–Trinajstić information content (AvgIpc) is 3.27. The molecule has 0 aliphatic carbocycles. The Morgan fingerprint density at radius 2 is 1.84 bits per heavy atom. The maximum Gasteiger partial charge on any atom is 0.254 e. The topological polar surface area (TPSA) is 70.4 Å². The first-order chi connectivity index (χ1) is 20.7. The molecule has 3 fully saturated rings. The largest absolute Gasteiger partial charge is 0.377 e. The summed E-state index contributed by atoms with van der Waals surface area (Å²) in [4.78, 5) is 35.9. The average molecular weight is 594 g/mol. The van der Waals surface area contributed by atoms with Crippen LogP contribution < -0.4 is 0 Å². The van der Waals surface area contributed by atoms with Crippen LogP contribution >= 0.6 is 0 Å². The molecule has 0 unspecified atom stereocenters. The van der Waals surface area contributed by atoms with Crippen LogP contribution in [-0.2, 0) is 9.53 Å². The third kappa shape index (κ3) is 5.55. The molecule has 230 valence electrons. The number of halogens is 2. The van der Waals surface area contributed by atoms with Gasteiger partial charge in [-0.25, -0.2) is 9.37 Å². The van der Waals surface area contributed by atoms with Gasteiger partial charge in [-0.1, -0.05) is 13.0 Å². The molecule has 3 aromatic rings. The predicted molar refractivity (Wildman–Crippen MR) is 160 cm³/mol. The number of ether oxygens (including phenoxy) is 1. The third-order valence-corrected chi connectivity index (χ3v) is 9.82. The second kappa shape index (κ2) is 12.0. The Morgan fingerprint density at radius 3 is 2.51 bits per heavy atom. The van der Waals surface area contributed by atoms with Crippen LogP contribution in [0.2, 0.25) is 0 Å². The van der Waals surface area contributed by atoms with Gasteiger partial charge in [-0.2, -0.15) is 4.39 Å². The summed E-state index contributed by atoms with van der Waals surface area (Å²) in [6.07, 6.45) is 5.06. The highest BCUT2D eigenvalue weighted by Crippen LogP contribution is 2.39. The third-order valence-electron chi connectivity index (χ3n) is 9.82. The van der Waals surface area contributed by atoms with Gasteiger partial charge in [0.25, 0.3) is 5.91 Å². The van der Waals surface area contributed by atoms with Crippen LogP contribution in [0.25, 0.3) is 16.6 Å². The first kappa shape index (κ1) is 29.7. The summed E-state index contributed by atoms with van der Waals surface area (Å²) in [5.41, 5.74) is 2.58. The monoisotopic (exact) mass is 593 g/mol. The number of pyridine rings is 1. The second-order valence-corrected chi connectivity index (χ2v) is 12.4. The molecule has 3 saturated heterocycles. The fourth-order valence-corrected chi connectivity index (χ4v) is 7.35.